The van der Waals surface area contributed by atoms with E-state index in [4.69, 9.17) is 11.5 Å². The zero-order chi connectivity index (χ0) is 44.7. The van der Waals surface area contributed by atoms with Crippen molar-refractivity contribution in [3.8, 4) is 0 Å². The van der Waals surface area contributed by atoms with Crippen molar-refractivity contribution >= 4 is 65.2 Å². The Kier molecular flexibility index (Phi) is 24.1. The van der Waals surface area contributed by atoms with Crippen LogP contribution in [0.1, 0.15) is 79.1 Å². The lowest BCUT2D eigenvalue weighted by molar-refractivity contribution is -0.143. The lowest BCUT2D eigenvalue weighted by Crippen LogP contribution is -2.60. The number of amides is 7. The molecule has 328 valence electrons. The molecule has 0 bridgehead atoms. The van der Waals surface area contributed by atoms with E-state index in [1.54, 1.807) is 13.8 Å². The molecule has 0 aromatic carbocycles. The molecule has 58 heavy (non-hydrogen) atoms. The van der Waals surface area contributed by atoms with E-state index in [-0.39, 0.29) is 6.42 Å². The second kappa shape index (κ2) is 26.9. The molecule has 0 aromatic heterocycles. The van der Waals surface area contributed by atoms with Gasteiger partial charge in [0.2, 0.25) is 41.4 Å². The number of nitrogens with one attached hydrogen (secondary N) is 7. The summed E-state index contributed by atoms with van der Waals surface area (Å²) in [5, 5.41) is 53.1. The second-order valence-electron chi connectivity index (χ2n) is 13.6. The van der Waals surface area contributed by atoms with Crippen LogP contribution in [-0.4, -0.2) is 142 Å². The van der Waals surface area contributed by atoms with E-state index in [9.17, 15) is 73.2 Å². The Bertz CT molecular complexity index is 1490. The summed E-state index contributed by atoms with van der Waals surface area (Å²) in [5.74, 6) is -14.3. The highest BCUT2D eigenvalue weighted by Gasteiger charge is 2.35. The lowest BCUT2D eigenvalue weighted by Gasteiger charge is -2.28. The van der Waals surface area contributed by atoms with Crippen molar-refractivity contribution in [2.24, 2.45) is 23.3 Å². The highest BCUT2D eigenvalue weighted by atomic mass is 16.4. The number of nitrogens with two attached hydrogens (primary N) is 2. The minimum absolute atomic E-state index is 0.0843. The number of hydrogen-bond acceptors (Lipinski definition) is 13. The summed E-state index contributed by atoms with van der Waals surface area (Å²) < 4.78 is 0. The van der Waals surface area contributed by atoms with E-state index in [0.717, 1.165) is 0 Å². The maximum absolute atomic E-state index is 13.4. The van der Waals surface area contributed by atoms with Crippen LogP contribution in [0, 0.1) is 11.8 Å². The number of carboxylic acids is 4. The van der Waals surface area contributed by atoms with Crippen LogP contribution in [0.25, 0.3) is 0 Å². The fourth-order valence-electron chi connectivity index (χ4n) is 5.11. The van der Waals surface area contributed by atoms with Gasteiger partial charge in [-0.05, 0) is 44.1 Å². The second-order valence-corrected chi connectivity index (χ2v) is 13.6. The Morgan fingerprint density at radius 3 is 1.53 bits per heavy atom. The molecule has 24 nitrogen and oxygen atoms in total. The van der Waals surface area contributed by atoms with Crippen LogP contribution in [0.5, 0.6) is 0 Å². The first-order valence-electron chi connectivity index (χ1n) is 18.4. The Labute approximate surface area is 333 Å². The molecule has 0 saturated heterocycles. The van der Waals surface area contributed by atoms with E-state index in [2.05, 4.69) is 37.2 Å². The van der Waals surface area contributed by atoms with Gasteiger partial charge in [-0.2, -0.15) is 0 Å². The molecule has 0 unspecified atom stereocenters. The molecule has 0 aromatic rings. The van der Waals surface area contributed by atoms with Crippen molar-refractivity contribution in [3.05, 3.63) is 0 Å². The van der Waals surface area contributed by atoms with Crippen molar-refractivity contribution in [3.63, 3.8) is 0 Å². The summed E-state index contributed by atoms with van der Waals surface area (Å²) in [5.41, 5.74) is 10.7. The first-order chi connectivity index (χ1) is 27.1. The number of carbonyl (C=O) groups excluding carboxylic acids is 7. The van der Waals surface area contributed by atoms with Gasteiger partial charge in [-0.15, -0.1) is 0 Å². The summed E-state index contributed by atoms with van der Waals surface area (Å²) in [4.78, 5) is 136. The third-order valence-corrected chi connectivity index (χ3v) is 8.55. The van der Waals surface area contributed by atoms with E-state index in [1.165, 1.54) is 13.8 Å². The van der Waals surface area contributed by atoms with Gasteiger partial charge in [-0.25, -0.2) is 4.79 Å². The summed E-state index contributed by atoms with van der Waals surface area (Å²) in [6.45, 7) is 5.12. The predicted molar refractivity (Wildman–Crippen MR) is 200 cm³/mol. The van der Waals surface area contributed by atoms with Gasteiger partial charge in [-0.3, -0.25) is 47.9 Å². The van der Waals surface area contributed by atoms with Crippen LogP contribution >= 0.6 is 0 Å². The molecule has 7 atom stereocenters. The number of hydrogen-bond donors (Lipinski definition) is 13. The Morgan fingerprint density at radius 1 is 0.534 bits per heavy atom. The molecule has 0 saturated carbocycles. The smallest absolute Gasteiger partial charge is 0.326 e. The number of aliphatic carboxylic acids is 4. The fourth-order valence-corrected chi connectivity index (χ4v) is 5.11. The monoisotopic (exact) mass is 831 g/mol. The number of carbonyl (C=O) groups is 11. The third-order valence-electron chi connectivity index (χ3n) is 8.55. The van der Waals surface area contributed by atoms with Crippen LogP contribution in [0.15, 0.2) is 0 Å². The van der Waals surface area contributed by atoms with Gasteiger partial charge in [0, 0.05) is 6.42 Å². The molecule has 0 aliphatic rings. The summed E-state index contributed by atoms with van der Waals surface area (Å²) >= 11 is 0. The lowest BCUT2D eigenvalue weighted by atomic mass is 9.97. The number of rotatable bonds is 29. The van der Waals surface area contributed by atoms with Crippen molar-refractivity contribution in [1.29, 1.82) is 0 Å². The Balaban J connectivity index is 6.00. The highest BCUT2D eigenvalue weighted by molar-refractivity contribution is 5.98. The Morgan fingerprint density at radius 2 is 1.05 bits per heavy atom. The first kappa shape index (κ1) is 52.1. The van der Waals surface area contributed by atoms with Crippen LogP contribution in [0.2, 0.25) is 0 Å². The molecule has 0 heterocycles. The van der Waals surface area contributed by atoms with Crippen molar-refractivity contribution in [2.75, 3.05) is 19.6 Å². The highest BCUT2D eigenvalue weighted by Crippen LogP contribution is 2.11. The normalized spacial score (nSPS) is 14.5. The van der Waals surface area contributed by atoms with Crippen molar-refractivity contribution in [2.45, 2.75) is 115 Å². The molecule has 7 amide bonds. The fraction of sp³-hybridized carbons (Fsp3) is 0.676. The van der Waals surface area contributed by atoms with Gasteiger partial charge in [0.1, 0.15) is 36.3 Å². The van der Waals surface area contributed by atoms with E-state index < -0.39 is 152 Å². The average molecular weight is 832 g/mol. The molecule has 0 radical (unpaired) electrons. The maximum atomic E-state index is 13.4. The van der Waals surface area contributed by atoms with E-state index in [0.29, 0.717) is 25.8 Å². The molecule has 0 rings (SSSR count). The molecule has 15 N–H and O–H groups in total. The van der Waals surface area contributed by atoms with Gasteiger partial charge >= 0.3 is 23.9 Å². The molecule has 0 aliphatic heterocycles. The summed E-state index contributed by atoms with van der Waals surface area (Å²) in [6.07, 6.45) is -1.80. The van der Waals surface area contributed by atoms with Crippen LogP contribution < -0.4 is 48.7 Å². The minimum atomic E-state index is -1.83. The standard InChI is InChI=1S/C34H57N9O15/c1-5-17(4)28(33(56)40-19(34(57)58)8-6-7-11-35)42-23(45)15-37-29(52)20(12-25(48)49)41-32(55)27(16(2)3)43-30(53)18(9-10-24(46)47)39-31(54)21(13-26(50)51)38-22(44)14-36/h16-21,27-28H,5-15,35-36H2,1-4H3,(H,37,52)(H,38,44)(H,39,54)(H,40,56)(H,41,55)(H,42,45)(H,43,53)(H,46,47)(H,48,49)(H,50,51)(H,57,58)/t17-,18-,19-,20-,21-,27-,28-/m0/s1. The molecular weight excluding hydrogens is 774 g/mol. The third kappa shape index (κ3) is 20.3. The zero-order valence-corrected chi connectivity index (χ0v) is 32.8. The van der Waals surface area contributed by atoms with Gasteiger partial charge in [0.15, 0.2) is 0 Å². The summed E-state index contributed by atoms with van der Waals surface area (Å²) in [7, 11) is 0. The van der Waals surface area contributed by atoms with Gasteiger partial charge in [0.05, 0.1) is 25.9 Å². The van der Waals surface area contributed by atoms with Crippen molar-refractivity contribution in [1.82, 2.24) is 37.2 Å². The molecule has 0 aliphatic carbocycles. The van der Waals surface area contributed by atoms with Crippen LogP contribution in [0.4, 0.5) is 0 Å². The van der Waals surface area contributed by atoms with Gasteiger partial charge < -0.3 is 69.1 Å². The SMILES string of the molecule is CC[C@H](C)[C@H](NC(=O)CNC(=O)[C@H](CC(=O)O)NC(=O)[C@@H](NC(=O)[C@H](CCC(=O)O)NC(=O)[C@H](CC(=O)O)NC(=O)CN)C(C)C)C(=O)N[C@@H](CCCCN)C(=O)O. The average Bonchev–Trinajstić information content (AvgIpc) is 3.14. The van der Waals surface area contributed by atoms with Crippen molar-refractivity contribution < 1.29 is 73.2 Å². The molecular formula is C34H57N9O15. The van der Waals surface area contributed by atoms with E-state index >= 15 is 0 Å². The number of carboxylic acid groups (broad SMARTS) is 4. The zero-order valence-electron chi connectivity index (χ0n) is 32.8. The minimum Gasteiger partial charge on any atom is -0.481 e. The van der Waals surface area contributed by atoms with Crippen LogP contribution in [-0.2, 0) is 52.7 Å². The molecule has 0 fully saturated rings. The van der Waals surface area contributed by atoms with E-state index in [1.807, 2.05) is 0 Å². The van der Waals surface area contributed by atoms with Gasteiger partial charge in [0.25, 0.3) is 0 Å². The van der Waals surface area contributed by atoms with Crippen LogP contribution in [0.3, 0.4) is 0 Å². The predicted octanol–water partition coefficient (Wildman–Crippen LogP) is -4.30. The molecule has 0 spiro atoms. The molecule has 24 heteroatoms. The largest absolute Gasteiger partial charge is 0.481 e. The first-order valence-corrected chi connectivity index (χ1v) is 18.4. The summed E-state index contributed by atoms with van der Waals surface area (Å²) in [6, 6.07) is -9.30. The Hall–Kier alpha value is -5.91. The van der Waals surface area contributed by atoms with Gasteiger partial charge in [-0.1, -0.05) is 34.1 Å². The number of unbranched alkanes of at least 4 members (excludes halogenated alkanes) is 1. The topological polar surface area (TPSA) is 405 Å². The quantitative estimate of drug-likeness (QED) is 0.0317. The maximum Gasteiger partial charge on any atom is 0.326 e.